The van der Waals surface area contributed by atoms with Crippen LogP contribution in [0.15, 0.2) is 12.5 Å². The molecule has 1 aliphatic rings. The third kappa shape index (κ3) is 6.90. The molecule has 0 aromatic carbocycles. The number of nitrogens with zero attached hydrogens (tertiary/aromatic N) is 2. The Labute approximate surface area is 140 Å². The van der Waals surface area contributed by atoms with Crippen LogP contribution in [0.1, 0.15) is 19.6 Å². The van der Waals surface area contributed by atoms with E-state index in [0.717, 1.165) is 6.92 Å². The molecule has 1 aromatic heterocycles. The lowest BCUT2D eigenvalue weighted by Crippen LogP contribution is -2.33. The lowest BCUT2D eigenvalue weighted by atomic mass is 10.1. The highest BCUT2D eigenvalue weighted by Gasteiger charge is 2.44. The number of hydrogen-bond acceptors (Lipinski definition) is 7. The van der Waals surface area contributed by atoms with Gasteiger partial charge in [-0.1, -0.05) is 6.92 Å². The van der Waals surface area contributed by atoms with Crippen molar-refractivity contribution in [1.29, 1.82) is 0 Å². The number of halogens is 3. The molecule has 14 heteroatoms. The fourth-order valence-electron chi connectivity index (χ4n) is 1.79. The second-order valence-electron chi connectivity index (χ2n) is 5.03. The minimum atomic E-state index is -4.67. The van der Waals surface area contributed by atoms with Crippen LogP contribution in [0, 0.1) is 0 Å². The zero-order valence-electron chi connectivity index (χ0n) is 12.9. The number of imidazole rings is 1. The van der Waals surface area contributed by atoms with Gasteiger partial charge in [0.2, 0.25) is 0 Å². The van der Waals surface area contributed by atoms with Crippen LogP contribution < -0.4 is 5.73 Å². The standard InChI is InChI=1S/C8H14N3O7P.C3H5F3/c9-5-1-10-3-11(5)8-7(13)6(12)4(18-8)2-17-19(14,15)16;1-2-3(4,5)6/h1,3-4,6-8,12-13H,2,9H2,(H2,14,15,16);2H2,1H3/t4-,6-,7-,8-;/m1./s1. The third-order valence-corrected chi connectivity index (χ3v) is 3.60. The van der Waals surface area contributed by atoms with Crippen molar-refractivity contribution in [2.45, 2.75) is 44.1 Å². The molecule has 4 atom stereocenters. The SMILES string of the molecule is CCC(F)(F)F.Nc1cncn1[C@@H]1O[C@H](COP(=O)(O)O)[C@@H](O)[C@H]1O. The molecule has 25 heavy (non-hydrogen) atoms. The van der Waals surface area contributed by atoms with E-state index in [1.807, 2.05) is 0 Å². The largest absolute Gasteiger partial charge is 0.469 e. The molecule has 1 aromatic rings. The second-order valence-corrected chi connectivity index (χ2v) is 6.27. The van der Waals surface area contributed by atoms with Crippen LogP contribution in [0.2, 0.25) is 0 Å². The molecule has 6 N–H and O–H groups in total. The first-order valence-corrected chi connectivity index (χ1v) is 8.44. The Bertz CT molecular complexity index is 594. The number of phosphoric acid groups is 1. The molecule has 1 saturated heterocycles. The topological polar surface area (TPSA) is 160 Å². The van der Waals surface area contributed by atoms with Crippen LogP contribution in [0.5, 0.6) is 0 Å². The summed E-state index contributed by atoms with van der Waals surface area (Å²) in [7, 11) is -4.67. The number of anilines is 1. The molecule has 2 rings (SSSR count). The fraction of sp³-hybridized carbons (Fsp3) is 0.727. The Morgan fingerprint density at radius 2 is 1.96 bits per heavy atom. The van der Waals surface area contributed by atoms with Crippen molar-refractivity contribution in [1.82, 2.24) is 9.55 Å². The van der Waals surface area contributed by atoms with E-state index in [2.05, 4.69) is 9.51 Å². The Morgan fingerprint density at radius 1 is 1.40 bits per heavy atom. The first-order chi connectivity index (χ1) is 11.4. The smallest absolute Gasteiger partial charge is 0.387 e. The average molecular weight is 393 g/mol. The number of nitrogens with two attached hydrogens (primary N) is 1. The van der Waals surface area contributed by atoms with E-state index < -0.39 is 51.6 Å². The second kappa shape index (κ2) is 8.45. The van der Waals surface area contributed by atoms with Crippen LogP contribution in [0.25, 0.3) is 0 Å². The predicted octanol–water partition coefficient (Wildman–Crippen LogP) is 0.153. The Kier molecular flexibility index (Phi) is 7.38. The molecule has 0 saturated carbocycles. The Balaban J connectivity index is 0.000000450. The number of aromatic nitrogens is 2. The zero-order valence-corrected chi connectivity index (χ0v) is 13.8. The first-order valence-electron chi connectivity index (χ1n) is 6.91. The number of phosphoric ester groups is 1. The lowest BCUT2D eigenvalue weighted by Gasteiger charge is -2.17. The minimum absolute atomic E-state index is 0.216. The number of ether oxygens (including phenoxy) is 1. The van der Waals surface area contributed by atoms with Gasteiger partial charge in [0.05, 0.1) is 19.1 Å². The fourth-order valence-corrected chi connectivity index (χ4v) is 2.14. The van der Waals surface area contributed by atoms with Crippen molar-refractivity contribution in [3.8, 4) is 0 Å². The van der Waals surface area contributed by atoms with Crippen molar-refractivity contribution >= 4 is 13.6 Å². The van der Waals surface area contributed by atoms with E-state index in [4.69, 9.17) is 20.3 Å². The molecule has 0 bridgehead atoms. The summed E-state index contributed by atoms with van der Waals surface area (Å²) in [5.41, 5.74) is 5.59. The maximum atomic E-state index is 10.8. The van der Waals surface area contributed by atoms with E-state index >= 15 is 0 Å². The third-order valence-electron chi connectivity index (χ3n) is 3.12. The highest BCUT2D eigenvalue weighted by molar-refractivity contribution is 7.46. The van der Waals surface area contributed by atoms with Crippen LogP contribution >= 0.6 is 7.82 Å². The summed E-state index contributed by atoms with van der Waals surface area (Å²) in [4.78, 5) is 20.9. The molecular formula is C11H19F3N3O7P. The highest BCUT2D eigenvalue weighted by Crippen LogP contribution is 2.38. The molecule has 0 unspecified atom stereocenters. The summed E-state index contributed by atoms with van der Waals surface area (Å²) in [6.45, 7) is 0.521. The number of aliphatic hydroxyl groups excluding tert-OH is 2. The number of rotatable bonds is 4. The summed E-state index contributed by atoms with van der Waals surface area (Å²) >= 11 is 0. The monoisotopic (exact) mass is 393 g/mol. The van der Waals surface area contributed by atoms with E-state index in [1.165, 1.54) is 17.1 Å². The summed E-state index contributed by atoms with van der Waals surface area (Å²) in [6.07, 6.45) is -6.81. The molecule has 10 nitrogen and oxygen atoms in total. The van der Waals surface area contributed by atoms with E-state index in [1.54, 1.807) is 0 Å². The van der Waals surface area contributed by atoms with Crippen LogP contribution in [-0.2, 0) is 13.8 Å². The van der Waals surface area contributed by atoms with Gasteiger partial charge in [-0.15, -0.1) is 0 Å². The minimum Gasteiger partial charge on any atom is -0.387 e. The van der Waals surface area contributed by atoms with Gasteiger partial charge in [0.25, 0.3) is 0 Å². The average Bonchev–Trinajstić information content (AvgIpc) is 3.02. The quantitative estimate of drug-likeness (QED) is 0.449. The van der Waals surface area contributed by atoms with E-state index in [-0.39, 0.29) is 5.82 Å². The number of alkyl halides is 3. The van der Waals surface area contributed by atoms with Gasteiger partial charge in [-0.25, -0.2) is 9.55 Å². The van der Waals surface area contributed by atoms with E-state index in [0.29, 0.717) is 0 Å². The Morgan fingerprint density at radius 3 is 2.36 bits per heavy atom. The Hall–Kier alpha value is -1.21. The first kappa shape index (κ1) is 21.8. The van der Waals surface area contributed by atoms with Gasteiger partial charge in [-0.3, -0.25) is 9.09 Å². The van der Waals surface area contributed by atoms with Gasteiger partial charge in [-0.05, 0) is 0 Å². The van der Waals surface area contributed by atoms with Gasteiger partial charge in [-0.2, -0.15) is 13.2 Å². The van der Waals surface area contributed by atoms with Gasteiger partial charge in [0.1, 0.15) is 24.1 Å². The van der Waals surface area contributed by atoms with Crippen molar-refractivity contribution in [3.63, 3.8) is 0 Å². The summed E-state index contributed by atoms with van der Waals surface area (Å²) < 4.78 is 53.8. The highest BCUT2D eigenvalue weighted by atomic mass is 31.2. The molecule has 0 radical (unpaired) electrons. The molecule has 1 fully saturated rings. The number of hydrogen-bond donors (Lipinski definition) is 5. The molecule has 146 valence electrons. The normalized spacial score (nSPS) is 27.0. The number of aliphatic hydroxyl groups is 2. The molecule has 0 amide bonds. The lowest BCUT2D eigenvalue weighted by molar-refractivity contribution is -0.130. The molecule has 1 aliphatic heterocycles. The zero-order chi connectivity index (χ0) is 19.4. The van der Waals surface area contributed by atoms with E-state index in [9.17, 15) is 27.9 Å². The maximum absolute atomic E-state index is 10.8. The van der Waals surface area contributed by atoms with Crippen molar-refractivity contribution < 1.29 is 47.0 Å². The number of nitrogen functional groups attached to an aromatic ring is 1. The van der Waals surface area contributed by atoms with Gasteiger partial charge < -0.3 is 30.5 Å². The molecule has 0 spiro atoms. The molecular weight excluding hydrogens is 374 g/mol. The van der Waals surface area contributed by atoms with Gasteiger partial charge in [0.15, 0.2) is 6.23 Å². The summed E-state index contributed by atoms with van der Waals surface area (Å²) in [5, 5.41) is 19.6. The molecule has 2 heterocycles. The van der Waals surface area contributed by atoms with Crippen LogP contribution in [-0.4, -0.2) is 60.6 Å². The summed E-state index contributed by atoms with van der Waals surface area (Å²) in [5.74, 6) is 0.216. The van der Waals surface area contributed by atoms with Crippen molar-refractivity contribution in [2.24, 2.45) is 0 Å². The van der Waals surface area contributed by atoms with Crippen LogP contribution in [0.4, 0.5) is 19.0 Å². The van der Waals surface area contributed by atoms with Crippen molar-refractivity contribution in [3.05, 3.63) is 12.5 Å². The summed E-state index contributed by atoms with van der Waals surface area (Å²) in [6, 6.07) is 0. The van der Waals surface area contributed by atoms with Crippen molar-refractivity contribution in [2.75, 3.05) is 12.3 Å². The predicted molar refractivity (Wildman–Crippen MR) is 76.9 cm³/mol. The van der Waals surface area contributed by atoms with Gasteiger partial charge in [0, 0.05) is 6.42 Å². The van der Waals surface area contributed by atoms with Crippen LogP contribution in [0.3, 0.4) is 0 Å². The van der Waals surface area contributed by atoms with Gasteiger partial charge >= 0.3 is 14.0 Å². The maximum Gasteiger partial charge on any atom is 0.469 e. The molecule has 0 aliphatic carbocycles.